The third-order valence-corrected chi connectivity index (χ3v) is 2.83. The first-order valence-electron chi connectivity index (χ1n) is 6.11. The summed E-state index contributed by atoms with van der Waals surface area (Å²) in [5.41, 5.74) is 2.49. The minimum atomic E-state index is 0.651. The van der Waals surface area contributed by atoms with Gasteiger partial charge in [0.15, 0.2) is 0 Å². The molecule has 0 aliphatic heterocycles. The third-order valence-electron chi connectivity index (χ3n) is 2.83. The molecule has 0 unspecified atom stereocenters. The van der Waals surface area contributed by atoms with Gasteiger partial charge in [-0.2, -0.15) is 0 Å². The van der Waals surface area contributed by atoms with Crippen LogP contribution < -0.4 is 5.32 Å². The lowest BCUT2D eigenvalue weighted by molar-refractivity contribution is 0.184. The molecule has 0 radical (unpaired) electrons. The van der Waals surface area contributed by atoms with Crippen LogP contribution >= 0.6 is 0 Å². The van der Waals surface area contributed by atoms with Crippen molar-refractivity contribution >= 4 is 0 Å². The molecule has 1 heterocycles. The molecule has 2 rings (SSSR count). The number of hydrogen-bond donors (Lipinski definition) is 1. The van der Waals surface area contributed by atoms with Crippen LogP contribution in [0, 0.1) is 6.92 Å². The van der Waals surface area contributed by atoms with E-state index in [9.17, 15) is 0 Å². The maximum absolute atomic E-state index is 5.51. The van der Waals surface area contributed by atoms with Gasteiger partial charge >= 0.3 is 0 Å². The third kappa shape index (κ3) is 3.45. The Bertz CT molecular complexity index is 491. The van der Waals surface area contributed by atoms with Crippen molar-refractivity contribution in [3.8, 4) is 0 Å². The second kappa shape index (κ2) is 6.38. The molecule has 0 bridgehead atoms. The predicted molar refractivity (Wildman–Crippen MR) is 71.1 cm³/mol. The molecule has 0 aliphatic rings. The molecule has 0 atom stereocenters. The summed E-state index contributed by atoms with van der Waals surface area (Å²) in [4.78, 5) is 0. The molecule has 0 fully saturated rings. The Morgan fingerprint density at radius 2 is 1.83 bits per heavy atom. The van der Waals surface area contributed by atoms with E-state index in [1.807, 2.05) is 31.2 Å². The molecule has 3 heteroatoms. The fourth-order valence-electron chi connectivity index (χ4n) is 1.93. The molecule has 0 spiro atoms. The minimum absolute atomic E-state index is 0.651. The van der Waals surface area contributed by atoms with Gasteiger partial charge in [0.2, 0.25) is 0 Å². The van der Waals surface area contributed by atoms with Crippen LogP contribution in [0.1, 0.15) is 22.6 Å². The highest BCUT2D eigenvalue weighted by Gasteiger charge is 2.02. The smallest absolute Gasteiger partial charge is 0.117 e. The Hall–Kier alpha value is -1.58. The number of hydrogen-bond acceptors (Lipinski definition) is 3. The van der Waals surface area contributed by atoms with E-state index >= 15 is 0 Å². The summed E-state index contributed by atoms with van der Waals surface area (Å²) in [6, 6.07) is 12.3. The molecule has 0 amide bonds. The van der Waals surface area contributed by atoms with Gasteiger partial charge in [-0.3, -0.25) is 0 Å². The Balaban J connectivity index is 1.89. The van der Waals surface area contributed by atoms with Gasteiger partial charge in [-0.15, -0.1) is 0 Å². The number of nitrogens with one attached hydrogen (secondary N) is 1. The molecule has 1 N–H and O–H groups in total. The zero-order chi connectivity index (χ0) is 12.8. The highest BCUT2D eigenvalue weighted by Crippen LogP contribution is 2.10. The van der Waals surface area contributed by atoms with Gasteiger partial charge in [-0.1, -0.05) is 24.3 Å². The van der Waals surface area contributed by atoms with Crippen LogP contribution in [0.15, 0.2) is 40.8 Å². The first-order chi connectivity index (χ1) is 8.79. The minimum Gasteiger partial charge on any atom is -0.465 e. The van der Waals surface area contributed by atoms with Gasteiger partial charge < -0.3 is 14.5 Å². The van der Waals surface area contributed by atoms with Crippen molar-refractivity contribution in [2.45, 2.75) is 26.6 Å². The van der Waals surface area contributed by atoms with Gasteiger partial charge in [0.1, 0.15) is 11.5 Å². The molecule has 0 aliphatic carbocycles. The van der Waals surface area contributed by atoms with Gasteiger partial charge in [0, 0.05) is 13.7 Å². The van der Waals surface area contributed by atoms with E-state index in [-0.39, 0.29) is 0 Å². The molecule has 1 aromatic heterocycles. The van der Waals surface area contributed by atoms with Gasteiger partial charge in [0.05, 0.1) is 13.2 Å². The number of ether oxygens (including phenoxy) is 1. The van der Waals surface area contributed by atoms with Crippen molar-refractivity contribution in [2.75, 3.05) is 7.11 Å². The van der Waals surface area contributed by atoms with E-state index in [0.29, 0.717) is 6.61 Å². The van der Waals surface area contributed by atoms with Crippen molar-refractivity contribution in [3.05, 3.63) is 59.0 Å². The van der Waals surface area contributed by atoms with Gasteiger partial charge in [-0.25, -0.2) is 0 Å². The summed E-state index contributed by atoms with van der Waals surface area (Å²) >= 11 is 0. The first kappa shape index (κ1) is 12.9. The van der Waals surface area contributed by atoms with E-state index in [0.717, 1.165) is 24.6 Å². The summed E-state index contributed by atoms with van der Waals surface area (Å²) in [6.07, 6.45) is 0. The lowest BCUT2D eigenvalue weighted by Crippen LogP contribution is -2.13. The van der Waals surface area contributed by atoms with Crippen molar-refractivity contribution in [2.24, 2.45) is 0 Å². The molecule has 96 valence electrons. The van der Waals surface area contributed by atoms with E-state index in [2.05, 4.69) is 17.4 Å². The van der Waals surface area contributed by atoms with E-state index < -0.39 is 0 Å². The Labute approximate surface area is 108 Å². The molecular weight excluding hydrogens is 226 g/mol. The van der Waals surface area contributed by atoms with Crippen LogP contribution in [0.2, 0.25) is 0 Å². The predicted octanol–water partition coefficient (Wildman–Crippen LogP) is 3.02. The summed E-state index contributed by atoms with van der Waals surface area (Å²) < 4.78 is 10.7. The molecule has 1 aromatic carbocycles. The van der Waals surface area contributed by atoms with E-state index in [1.54, 1.807) is 7.11 Å². The Morgan fingerprint density at radius 3 is 2.50 bits per heavy atom. The van der Waals surface area contributed by atoms with Crippen LogP contribution in [0.25, 0.3) is 0 Å². The van der Waals surface area contributed by atoms with Crippen LogP contribution in [0.5, 0.6) is 0 Å². The van der Waals surface area contributed by atoms with Crippen molar-refractivity contribution < 1.29 is 9.15 Å². The standard InChI is InChI=1S/C15H19NO2/c1-12-7-8-15(18-12)10-16-9-13-5-3-4-6-14(13)11-17-2/h3-8,16H,9-11H2,1-2H3. The second-order valence-electron chi connectivity index (χ2n) is 4.32. The zero-order valence-electron chi connectivity index (χ0n) is 10.9. The molecule has 0 saturated carbocycles. The highest BCUT2D eigenvalue weighted by atomic mass is 16.5. The van der Waals surface area contributed by atoms with Crippen LogP contribution in [-0.4, -0.2) is 7.11 Å². The number of aryl methyl sites for hydroxylation is 1. The van der Waals surface area contributed by atoms with E-state index in [4.69, 9.17) is 9.15 Å². The van der Waals surface area contributed by atoms with Crippen molar-refractivity contribution in [3.63, 3.8) is 0 Å². The fraction of sp³-hybridized carbons (Fsp3) is 0.333. The molecule has 18 heavy (non-hydrogen) atoms. The average Bonchev–Trinajstić information content (AvgIpc) is 2.78. The van der Waals surface area contributed by atoms with Gasteiger partial charge in [0.25, 0.3) is 0 Å². The largest absolute Gasteiger partial charge is 0.465 e. The maximum Gasteiger partial charge on any atom is 0.117 e. The monoisotopic (exact) mass is 245 g/mol. The lowest BCUT2D eigenvalue weighted by Gasteiger charge is -2.09. The first-order valence-corrected chi connectivity index (χ1v) is 6.11. The highest BCUT2D eigenvalue weighted by molar-refractivity contribution is 5.26. The van der Waals surface area contributed by atoms with Crippen LogP contribution in [0.4, 0.5) is 0 Å². The molecule has 2 aromatic rings. The quantitative estimate of drug-likeness (QED) is 0.849. The summed E-state index contributed by atoms with van der Waals surface area (Å²) in [5.74, 6) is 1.92. The Kier molecular flexibility index (Phi) is 4.56. The lowest BCUT2D eigenvalue weighted by atomic mass is 10.1. The molecule has 0 saturated heterocycles. The number of rotatable bonds is 6. The van der Waals surface area contributed by atoms with E-state index in [1.165, 1.54) is 11.1 Å². The Morgan fingerprint density at radius 1 is 1.06 bits per heavy atom. The van der Waals surface area contributed by atoms with Crippen LogP contribution in [0.3, 0.4) is 0 Å². The molecular formula is C15H19NO2. The summed E-state index contributed by atoms with van der Waals surface area (Å²) in [5, 5.41) is 3.38. The fourth-order valence-corrected chi connectivity index (χ4v) is 1.93. The zero-order valence-corrected chi connectivity index (χ0v) is 10.9. The second-order valence-corrected chi connectivity index (χ2v) is 4.32. The van der Waals surface area contributed by atoms with Crippen molar-refractivity contribution in [1.29, 1.82) is 0 Å². The topological polar surface area (TPSA) is 34.4 Å². The SMILES string of the molecule is COCc1ccccc1CNCc1ccc(C)o1. The average molecular weight is 245 g/mol. The normalized spacial score (nSPS) is 10.8. The summed E-state index contributed by atoms with van der Waals surface area (Å²) in [7, 11) is 1.72. The maximum atomic E-state index is 5.51. The molecule has 3 nitrogen and oxygen atoms in total. The van der Waals surface area contributed by atoms with Gasteiger partial charge in [-0.05, 0) is 30.2 Å². The van der Waals surface area contributed by atoms with Crippen LogP contribution in [-0.2, 0) is 24.4 Å². The number of furan rings is 1. The number of methoxy groups -OCH3 is 1. The summed E-state index contributed by atoms with van der Waals surface area (Å²) in [6.45, 7) is 4.17. The van der Waals surface area contributed by atoms with Crippen molar-refractivity contribution in [1.82, 2.24) is 5.32 Å². The number of benzene rings is 1.